The van der Waals surface area contributed by atoms with Crippen molar-refractivity contribution in [2.75, 3.05) is 11.9 Å². The van der Waals surface area contributed by atoms with Gasteiger partial charge in [-0.2, -0.15) is 0 Å². The van der Waals surface area contributed by atoms with E-state index in [4.69, 9.17) is 16.3 Å². The van der Waals surface area contributed by atoms with Gasteiger partial charge in [0.2, 0.25) is 0 Å². The van der Waals surface area contributed by atoms with Crippen LogP contribution in [0, 0.1) is 0 Å². The van der Waals surface area contributed by atoms with Gasteiger partial charge in [-0.1, -0.05) is 48.0 Å². The molecule has 2 rings (SSSR count). The molecule has 0 radical (unpaired) electrons. The molecule has 2 aromatic carbocycles. The molecular weight excluding hydrogens is 262 g/mol. The van der Waals surface area contributed by atoms with Crippen molar-refractivity contribution in [3.63, 3.8) is 0 Å². The third kappa shape index (κ3) is 3.48. The third-order valence-corrected chi connectivity index (χ3v) is 2.93. The summed E-state index contributed by atoms with van der Waals surface area (Å²) in [5.74, 6) is 0.258. The van der Waals surface area contributed by atoms with Crippen LogP contribution in [0.15, 0.2) is 60.7 Å². The number of amides is 1. The highest BCUT2D eigenvalue weighted by atomic mass is 35.5. The van der Waals surface area contributed by atoms with Crippen molar-refractivity contribution < 1.29 is 9.53 Å². The quantitative estimate of drug-likeness (QED) is 0.802. The molecule has 0 saturated heterocycles. The van der Waals surface area contributed by atoms with E-state index in [-0.39, 0.29) is 5.91 Å². The van der Waals surface area contributed by atoms with Gasteiger partial charge in [0.25, 0.3) is 11.5 Å². The average Bonchev–Trinajstić information content (AvgIpc) is 2.47. The highest BCUT2D eigenvalue weighted by Gasteiger charge is 2.22. The smallest absolute Gasteiger partial charge is 0.283 e. The molecule has 19 heavy (non-hydrogen) atoms. The maximum Gasteiger partial charge on any atom is 0.283 e. The monoisotopic (exact) mass is 275 g/mol. The minimum atomic E-state index is -1.05. The van der Waals surface area contributed by atoms with Crippen LogP contribution in [0.3, 0.4) is 0 Å². The van der Waals surface area contributed by atoms with Gasteiger partial charge in [0.1, 0.15) is 5.75 Å². The van der Waals surface area contributed by atoms with Gasteiger partial charge in [0.15, 0.2) is 0 Å². The molecule has 0 aliphatic heterocycles. The Labute approximate surface area is 117 Å². The Morgan fingerprint density at radius 2 is 1.58 bits per heavy atom. The summed E-state index contributed by atoms with van der Waals surface area (Å²) >= 11 is 6.00. The molecule has 1 atom stereocenters. The molecule has 0 aromatic heterocycles. The van der Waals surface area contributed by atoms with Gasteiger partial charge < -0.3 is 9.64 Å². The molecule has 0 saturated carbocycles. The Kier molecular flexibility index (Phi) is 4.42. The summed E-state index contributed by atoms with van der Waals surface area (Å²) in [5.41, 5.74) is -0.276. The van der Waals surface area contributed by atoms with Crippen LogP contribution in [0.5, 0.6) is 5.75 Å². The zero-order valence-corrected chi connectivity index (χ0v) is 11.2. The van der Waals surface area contributed by atoms with E-state index in [0.717, 1.165) is 5.69 Å². The third-order valence-electron chi connectivity index (χ3n) is 2.65. The van der Waals surface area contributed by atoms with Crippen LogP contribution in [-0.2, 0) is 4.79 Å². The van der Waals surface area contributed by atoms with Crippen LogP contribution in [-0.4, -0.2) is 18.5 Å². The number of carbonyl (C=O) groups is 1. The number of para-hydroxylation sites is 2. The molecule has 0 aliphatic rings. The number of likely N-dealkylation sites (N-methyl/N-ethyl adjacent to an activating group) is 1. The lowest BCUT2D eigenvalue weighted by molar-refractivity contribution is -0.121. The van der Waals surface area contributed by atoms with Gasteiger partial charge in [0.05, 0.1) is 0 Å². The fraction of sp³-hybridized carbons (Fsp3) is 0.133. The zero-order valence-electron chi connectivity index (χ0n) is 10.5. The summed E-state index contributed by atoms with van der Waals surface area (Å²) in [5, 5.41) is 0. The number of halogens is 1. The van der Waals surface area contributed by atoms with Crippen LogP contribution in [0.2, 0.25) is 0 Å². The SMILES string of the molecule is CN(C(=O)C(Cl)Oc1ccccc1)c1ccccc1. The lowest BCUT2D eigenvalue weighted by atomic mass is 10.3. The van der Waals surface area contributed by atoms with Crippen molar-refractivity contribution in [2.45, 2.75) is 5.56 Å². The number of carbonyl (C=O) groups excluding carboxylic acids is 1. The number of alkyl halides is 1. The maximum absolute atomic E-state index is 12.1. The van der Waals surface area contributed by atoms with E-state index in [9.17, 15) is 4.79 Å². The standard InChI is InChI=1S/C15H14ClNO2/c1-17(12-8-4-2-5-9-12)15(18)14(16)19-13-10-6-3-7-11-13/h2-11,14H,1H3. The zero-order chi connectivity index (χ0) is 13.7. The highest BCUT2D eigenvalue weighted by Crippen LogP contribution is 2.17. The highest BCUT2D eigenvalue weighted by molar-refractivity contribution is 6.31. The van der Waals surface area contributed by atoms with E-state index >= 15 is 0 Å². The Morgan fingerprint density at radius 1 is 1.05 bits per heavy atom. The van der Waals surface area contributed by atoms with Gasteiger partial charge in [-0.05, 0) is 24.3 Å². The first kappa shape index (κ1) is 13.4. The lowest BCUT2D eigenvalue weighted by Gasteiger charge is -2.20. The first-order chi connectivity index (χ1) is 9.18. The number of ether oxygens (including phenoxy) is 1. The van der Waals surface area contributed by atoms with Crippen molar-refractivity contribution in [2.24, 2.45) is 0 Å². The molecule has 1 unspecified atom stereocenters. The molecule has 0 fully saturated rings. The molecule has 0 heterocycles. The molecular formula is C15H14ClNO2. The topological polar surface area (TPSA) is 29.5 Å². The van der Waals surface area contributed by atoms with Gasteiger partial charge in [-0.15, -0.1) is 0 Å². The molecule has 0 N–H and O–H groups in total. The van der Waals surface area contributed by atoms with Crippen LogP contribution in [0.25, 0.3) is 0 Å². The number of hydrogen-bond donors (Lipinski definition) is 0. The van der Waals surface area contributed by atoms with Crippen molar-refractivity contribution in [3.05, 3.63) is 60.7 Å². The number of nitrogens with zero attached hydrogens (tertiary/aromatic N) is 1. The Bertz CT molecular complexity index is 530. The lowest BCUT2D eigenvalue weighted by Crippen LogP contribution is -2.36. The Balaban J connectivity index is 2.03. The van der Waals surface area contributed by atoms with E-state index in [0.29, 0.717) is 5.75 Å². The van der Waals surface area contributed by atoms with Crippen molar-refractivity contribution >= 4 is 23.2 Å². The second-order valence-corrected chi connectivity index (χ2v) is 4.38. The number of rotatable bonds is 4. The minimum Gasteiger partial charge on any atom is -0.465 e. The summed E-state index contributed by atoms with van der Waals surface area (Å²) in [7, 11) is 1.67. The van der Waals surface area contributed by atoms with E-state index in [1.54, 1.807) is 19.2 Å². The largest absolute Gasteiger partial charge is 0.465 e. The van der Waals surface area contributed by atoms with Crippen molar-refractivity contribution in [1.29, 1.82) is 0 Å². The second kappa shape index (κ2) is 6.25. The van der Waals surface area contributed by atoms with Crippen molar-refractivity contribution in [3.8, 4) is 5.75 Å². The number of hydrogen-bond acceptors (Lipinski definition) is 2. The predicted molar refractivity (Wildman–Crippen MR) is 76.6 cm³/mol. The molecule has 3 nitrogen and oxygen atoms in total. The van der Waals surface area contributed by atoms with Crippen LogP contribution in [0.4, 0.5) is 5.69 Å². The van der Waals surface area contributed by atoms with E-state index in [1.807, 2.05) is 48.5 Å². The molecule has 0 aliphatic carbocycles. The predicted octanol–water partition coefficient (Wildman–Crippen LogP) is 3.29. The maximum atomic E-state index is 12.1. The second-order valence-electron chi connectivity index (χ2n) is 3.98. The molecule has 98 valence electrons. The van der Waals surface area contributed by atoms with Crippen molar-refractivity contribution in [1.82, 2.24) is 0 Å². The molecule has 0 spiro atoms. The van der Waals surface area contributed by atoms with Crippen LogP contribution >= 0.6 is 11.6 Å². The van der Waals surface area contributed by atoms with Gasteiger partial charge in [-0.3, -0.25) is 4.79 Å². The molecule has 1 amide bonds. The normalized spacial score (nSPS) is 11.7. The van der Waals surface area contributed by atoms with Gasteiger partial charge in [-0.25, -0.2) is 0 Å². The van der Waals surface area contributed by atoms with Gasteiger partial charge in [0, 0.05) is 12.7 Å². The van der Waals surface area contributed by atoms with Crippen LogP contribution < -0.4 is 9.64 Å². The Morgan fingerprint density at radius 3 is 2.16 bits per heavy atom. The first-order valence-corrected chi connectivity index (χ1v) is 6.30. The summed E-state index contributed by atoms with van der Waals surface area (Å²) in [6.07, 6.45) is 0. The number of anilines is 1. The molecule has 4 heteroatoms. The fourth-order valence-electron chi connectivity index (χ4n) is 1.60. The summed E-state index contributed by atoms with van der Waals surface area (Å²) in [4.78, 5) is 13.6. The van der Waals surface area contributed by atoms with E-state index in [1.165, 1.54) is 4.90 Å². The van der Waals surface area contributed by atoms with Crippen LogP contribution in [0.1, 0.15) is 0 Å². The van der Waals surface area contributed by atoms with Gasteiger partial charge >= 0.3 is 0 Å². The fourth-order valence-corrected chi connectivity index (χ4v) is 1.85. The average molecular weight is 276 g/mol. The summed E-state index contributed by atoms with van der Waals surface area (Å²) < 4.78 is 5.39. The summed E-state index contributed by atoms with van der Waals surface area (Å²) in [6.45, 7) is 0. The van der Waals surface area contributed by atoms with E-state index in [2.05, 4.69) is 0 Å². The molecule has 2 aromatic rings. The first-order valence-electron chi connectivity index (χ1n) is 5.87. The Hall–Kier alpha value is -2.00. The molecule has 0 bridgehead atoms. The van der Waals surface area contributed by atoms with E-state index < -0.39 is 5.56 Å². The minimum absolute atomic E-state index is 0.309. The summed E-state index contributed by atoms with van der Waals surface area (Å²) in [6, 6.07) is 18.3. The number of benzene rings is 2.